The third kappa shape index (κ3) is 2.22. The minimum Gasteiger partial charge on any atom is -0.327 e. The van der Waals surface area contributed by atoms with Crippen LogP contribution in [-0.4, -0.2) is 16.9 Å². The first-order valence-electron chi connectivity index (χ1n) is 6.13. The number of aromatic nitrogens is 1. The molecule has 18 heavy (non-hydrogen) atoms. The second-order valence-corrected chi connectivity index (χ2v) is 5.52. The van der Waals surface area contributed by atoms with Gasteiger partial charge < -0.3 is 11.1 Å². The van der Waals surface area contributed by atoms with Gasteiger partial charge >= 0.3 is 0 Å². The van der Waals surface area contributed by atoms with E-state index < -0.39 is 5.41 Å². The van der Waals surface area contributed by atoms with Crippen LogP contribution in [0.15, 0.2) is 12.3 Å². The van der Waals surface area contributed by atoms with Gasteiger partial charge in [0.05, 0.1) is 11.1 Å². The summed E-state index contributed by atoms with van der Waals surface area (Å²) in [6.07, 6.45) is 4.32. The molecule has 0 aromatic carbocycles. The summed E-state index contributed by atoms with van der Waals surface area (Å²) in [7, 11) is 0. The molecule has 2 atom stereocenters. The molecule has 98 valence electrons. The summed E-state index contributed by atoms with van der Waals surface area (Å²) < 4.78 is 0. The maximum absolute atomic E-state index is 12.4. The van der Waals surface area contributed by atoms with Gasteiger partial charge in [-0.1, -0.05) is 18.0 Å². The van der Waals surface area contributed by atoms with Gasteiger partial charge in [-0.3, -0.25) is 4.79 Å². The zero-order valence-corrected chi connectivity index (χ0v) is 11.4. The van der Waals surface area contributed by atoms with Crippen molar-refractivity contribution in [2.24, 2.45) is 11.1 Å². The van der Waals surface area contributed by atoms with Crippen molar-refractivity contribution in [3.05, 3.63) is 23.0 Å². The molecule has 0 aliphatic heterocycles. The molecule has 1 aromatic rings. The summed E-state index contributed by atoms with van der Waals surface area (Å²) in [4.78, 5) is 16.4. The lowest BCUT2D eigenvalue weighted by molar-refractivity contribution is -0.125. The number of nitrogens with two attached hydrogens (primary N) is 1. The first kappa shape index (κ1) is 13.3. The first-order valence-corrected chi connectivity index (χ1v) is 6.51. The van der Waals surface area contributed by atoms with Crippen LogP contribution >= 0.6 is 11.6 Å². The summed E-state index contributed by atoms with van der Waals surface area (Å²) in [5.41, 5.74) is 7.02. The highest BCUT2D eigenvalue weighted by Gasteiger charge is 2.43. The number of carbonyl (C=O) groups excluding carboxylic acids is 1. The van der Waals surface area contributed by atoms with Crippen LogP contribution in [0.3, 0.4) is 0 Å². The first-order chi connectivity index (χ1) is 8.45. The van der Waals surface area contributed by atoms with Gasteiger partial charge in [-0.15, -0.1) is 0 Å². The number of aryl methyl sites for hydroxylation is 1. The van der Waals surface area contributed by atoms with E-state index in [-0.39, 0.29) is 11.9 Å². The minimum absolute atomic E-state index is 0.0644. The molecule has 1 aromatic heterocycles. The molecule has 2 rings (SSSR count). The average molecular weight is 268 g/mol. The second kappa shape index (κ2) is 4.86. The zero-order valence-electron chi connectivity index (χ0n) is 10.7. The van der Waals surface area contributed by atoms with Gasteiger partial charge in [0, 0.05) is 12.2 Å². The van der Waals surface area contributed by atoms with Crippen molar-refractivity contribution < 1.29 is 4.79 Å². The number of amides is 1. The quantitative estimate of drug-likeness (QED) is 0.809. The number of hydrogen-bond donors (Lipinski definition) is 2. The molecule has 2 unspecified atom stereocenters. The lowest BCUT2D eigenvalue weighted by Gasteiger charge is -2.27. The van der Waals surface area contributed by atoms with Gasteiger partial charge in [-0.25, -0.2) is 4.98 Å². The van der Waals surface area contributed by atoms with E-state index in [0.717, 1.165) is 24.8 Å². The van der Waals surface area contributed by atoms with Crippen LogP contribution in [0.4, 0.5) is 5.69 Å². The minimum atomic E-state index is -0.508. The lowest BCUT2D eigenvalue weighted by atomic mass is 9.84. The van der Waals surface area contributed by atoms with Crippen molar-refractivity contribution in [1.29, 1.82) is 0 Å². The number of carbonyl (C=O) groups is 1. The number of rotatable bonds is 2. The molecule has 5 heteroatoms. The SMILES string of the molecule is Cc1ccnc(Cl)c1NC(=O)C1(C)CCCC1N. The molecule has 1 amide bonds. The van der Waals surface area contributed by atoms with Crippen LogP contribution in [0.25, 0.3) is 0 Å². The molecule has 0 saturated heterocycles. The maximum atomic E-state index is 12.4. The molecule has 1 aliphatic carbocycles. The molecule has 0 radical (unpaired) electrons. The van der Waals surface area contributed by atoms with Crippen LogP contribution in [0.5, 0.6) is 0 Å². The standard InChI is InChI=1S/C13H18ClN3O/c1-8-5-7-16-11(14)10(8)17-12(18)13(2)6-3-4-9(13)15/h5,7,9H,3-4,6,15H2,1-2H3,(H,17,18). The Bertz CT molecular complexity index is 457. The molecule has 0 spiro atoms. The van der Waals surface area contributed by atoms with E-state index in [1.54, 1.807) is 6.20 Å². The van der Waals surface area contributed by atoms with E-state index in [2.05, 4.69) is 10.3 Å². The summed E-state index contributed by atoms with van der Waals surface area (Å²) in [6.45, 7) is 3.81. The molecule has 1 fully saturated rings. The van der Waals surface area contributed by atoms with E-state index in [4.69, 9.17) is 17.3 Å². The van der Waals surface area contributed by atoms with E-state index in [1.165, 1.54) is 0 Å². The predicted octanol–water partition coefficient (Wildman–Crippen LogP) is 2.50. The summed E-state index contributed by atoms with van der Waals surface area (Å²) in [5, 5.41) is 3.20. The molecule has 1 aliphatic rings. The molecule has 0 bridgehead atoms. The highest BCUT2D eigenvalue weighted by atomic mass is 35.5. The van der Waals surface area contributed by atoms with Gasteiger partial charge in [-0.2, -0.15) is 0 Å². The largest absolute Gasteiger partial charge is 0.327 e. The molecular weight excluding hydrogens is 250 g/mol. The Hall–Kier alpha value is -1.13. The van der Waals surface area contributed by atoms with Gasteiger partial charge in [0.1, 0.15) is 0 Å². The second-order valence-electron chi connectivity index (χ2n) is 5.16. The number of nitrogens with zero attached hydrogens (tertiary/aromatic N) is 1. The Morgan fingerprint density at radius 1 is 1.67 bits per heavy atom. The van der Waals surface area contributed by atoms with Crippen LogP contribution in [-0.2, 0) is 4.79 Å². The summed E-state index contributed by atoms with van der Waals surface area (Å²) in [5.74, 6) is -0.0644. The zero-order chi connectivity index (χ0) is 13.3. The predicted molar refractivity (Wildman–Crippen MR) is 72.5 cm³/mol. The fraction of sp³-hybridized carbons (Fsp3) is 0.538. The Labute approximate surface area is 112 Å². The fourth-order valence-electron chi connectivity index (χ4n) is 2.41. The number of hydrogen-bond acceptors (Lipinski definition) is 3. The van der Waals surface area contributed by atoms with Gasteiger partial charge in [-0.05, 0) is 38.3 Å². The average Bonchev–Trinajstić information content (AvgIpc) is 2.66. The number of nitrogens with one attached hydrogen (secondary N) is 1. The molecule has 1 saturated carbocycles. The topological polar surface area (TPSA) is 68.0 Å². The van der Waals surface area contributed by atoms with Gasteiger partial charge in [0.2, 0.25) is 5.91 Å². The van der Waals surface area contributed by atoms with E-state index in [1.807, 2.05) is 19.9 Å². The number of anilines is 1. The fourth-order valence-corrected chi connectivity index (χ4v) is 2.66. The highest BCUT2D eigenvalue weighted by Crippen LogP contribution is 2.38. The molecular formula is C13H18ClN3O. The molecule has 1 heterocycles. The normalized spacial score (nSPS) is 27.2. The Morgan fingerprint density at radius 3 is 2.94 bits per heavy atom. The molecule has 3 N–H and O–H groups in total. The van der Waals surface area contributed by atoms with E-state index in [9.17, 15) is 4.79 Å². The lowest BCUT2D eigenvalue weighted by Crippen LogP contribution is -2.44. The van der Waals surface area contributed by atoms with Crippen molar-refractivity contribution in [1.82, 2.24) is 4.98 Å². The monoisotopic (exact) mass is 267 g/mol. The van der Waals surface area contributed by atoms with Crippen LogP contribution in [0.1, 0.15) is 31.7 Å². The Kier molecular flexibility index (Phi) is 3.59. The van der Waals surface area contributed by atoms with Crippen molar-refractivity contribution in [2.45, 2.75) is 39.2 Å². The van der Waals surface area contributed by atoms with Crippen LogP contribution < -0.4 is 11.1 Å². The maximum Gasteiger partial charge on any atom is 0.231 e. The van der Waals surface area contributed by atoms with Gasteiger partial charge in [0.15, 0.2) is 5.15 Å². The third-order valence-electron chi connectivity index (χ3n) is 3.90. The Balaban J connectivity index is 2.22. The highest BCUT2D eigenvalue weighted by molar-refractivity contribution is 6.32. The van der Waals surface area contributed by atoms with Crippen molar-refractivity contribution in [2.75, 3.05) is 5.32 Å². The Morgan fingerprint density at radius 2 is 2.39 bits per heavy atom. The smallest absolute Gasteiger partial charge is 0.231 e. The molecule has 4 nitrogen and oxygen atoms in total. The van der Waals surface area contributed by atoms with E-state index >= 15 is 0 Å². The van der Waals surface area contributed by atoms with Gasteiger partial charge in [0.25, 0.3) is 0 Å². The number of pyridine rings is 1. The van der Waals surface area contributed by atoms with Crippen molar-refractivity contribution in [3.8, 4) is 0 Å². The number of halogens is 1. The van der Waals surface area contributed by atoms with Crippen LogP contribution in [0.2, 0.25) is 5.15 Å². The van der Waals surface area contributed by atoms with E-state index in [0.29, 0.717) is 10.8 Å². The van der Waals surface area contributed by atoms with Crippen molar-refractivity contribution in [3.63, 3.8) is 0 Å². The third-order valence-corrected chi connectivity index (χ3v) is 4.19. The summed E-state index contributed by atoms with van der Waals surface area (Å²) >= 11 is 6.00. The van der Waals surface area contributed by atoms with Crippen LogP contribution in [0, 0.1) is 12.3 Å². The van der Waals surface area contributed by atoms with Crippen molar-refractivity contribution >= 4 is 23.2 Å². The summed E-state index contributed by atoms with van der Waals surface area (Å²) in [6, 6.07) is 1.73.